The van der Waals surface area contributed by atoms with Crippen molar-refractivity contribution >= 4 is 5.78 Å². The predicted octanol–water partition coefficient (Wildman–Crippen LogP) is 4.60. The van der Waals surface area contributed by atoms with E-state index in [-0.39, 0.29) is 12.0 Å². The fourth-order valence-corrected chi connectivity index (χ4v) is 3.05. The fourth-order valence-electron chi connectivity index (χ4n) is 3.05. The normalized spacial score (nSPS) is 19.9. The van der Waals surface area contributed by atoms with Crippen LogP contribution in [0.5, 0.6) is 0 Å². The number of aliphatic hydroxyl groups excluding tert-OH is 1. The summed E-state index contributed by atoms with van der Waals surface area (Å²) in [6.07, 6.45) is 4.78. The molecule has 0 saturated heterocycles. The lowest BCUT2D eigenvalue weighted by atomic mass is 9.83. The first-order valence-corrected chi connectivity index (χ1v) is 8.97. The molecule has 0 bridgehead atoms. The first-order chi connectivity index (χ1) is 11.7. The smallest absolute Gasteiger partial charge is 0.140 e. The Hall–Kier alpha value is -1.93. The summed E-state index contributed by atoms with van der Waals surface area (Å²) in [7, 11) is 0. The number of Topliss-reactive ketones (excluding diaryl/α,β-unsaturated/α-hetero) is 1. The van der Waals surface area contributed by atoms with E-state index in [4.69, 9.17) is 0 Å². The van der Waals surface area contributed by atoms with Crippen LogP contribution in [0.1, 0.15) is 43.7 Å². The molecule has 128 valence electrons. The van der Waals surface area contributed by atoms with Gasteiger partial charge in [0, 0.05) is 12.3 Å². The van der Waals surface area contributed by atoms with Gasteiger partial charge in [0.05, 0.1) is 6.10 Å². The van der Waals surface area contributed by atoms with Crippen molar-refractivity contribution in [1.82, 2.24) is 0 Å². The Kier molecular flexibility index (Phi) is 7.70. The van der Waals surface area contributed by atoms with E-state index in [9.17, 15) is 9.90 Å². The van der Waals surface area contributed by atoms with Crippen LogP contribution in [0.3, 0.4) is 0 Å². The molecule has 2 nitrogen and oxygen atoms in total. The van der Waals surface area contributed by atoms with Crippen molar-refractivity contribution < 1.29 is 9.90 Å². The molecule has 0 spiro atoms. The number of hydrogen-bond donors (Lipinski definition) is 1. The molecule has 3 rings (SSSR count). The third kappa shape index (κ3) is 6.29. The number of rotatable bonds is 4. The molecule has 2 aromatic rings. The van der Waals surface area contributed by atoms with Crippen LogP contribution in [0.4, 0.5) is 0 Å². The van der Waals surface area contributed by atoms with E-state index in [1.54, 1.807) is 0 Å². The summed E-state index contributed by atoms with van der Waals surface area (Å²) in [6.45, 7) is 2.16. The maximum Gasteiger partial charge on any atom is 0.140 e. The Balaban J connectivity index is 0.000000219. The van der Waals surface area contributed by atoms with Gasteiger partial charge in [-0.05, 0) is 43.2 Å². The molecule has 2 aromatic carbocycles. The summed E-state index contributed by atoms with van der Waals surface area (Å²) in [6, 6.07) is 20.3. The molecular formula is C22H28O2. The Morgan fingerprint density at radius 1 is 0.875 bits per heavy atom. The molecule has 1 saturated carbocycles. The number of benzene rings is 2. The number of carbonyl (C=O) groups excluding carboxylic acids is 1. The molecule has 24 heavy (non-hydrogen) atoms. The average Bonchev–Trinajstić information content (AvgIpc) is 2.64. The van der Waals surface area contributed by atoms with Crippen molar-refractivity contribution in [2.24, 2.45) is 5.92 Å². The van der Waals surface area contributed by atoms with Gasteiger partial charge in [0.2, 0.25) is 0 Å². The Morgan fingerprint density at radius 3 is 1.83 bits per heavy atom. The molecule has 0 unspecified atom stereocenters. The van der Waals surface area contributed by atoms with Crippen molar-refractivity contribution in [3.8, 4) is 0 Å². The van der Waals surface area contributed by atoms with Gasteiger partial charge in [0.15, 0.2) is 0 Å². The first-order valence-electron chi connectivity index (χ1n) is 8.97. The second-order valence-corrected chi connectivity index (χ2v) is 6.47. The number of aryl methyl sites for hydroxylation is 1. The van der Waals surface area contributed by atoms with Crippen LogP contribution < -0.4 is 0 Å². The summed E-state index contributed by atoms with van der Waals surface area (Å²) < 4.78 is 0. The highest BCUT2D eigenvalue weighted by atomic mass is 16.3. The van der Waals surface area contributed by atoms with E-state index in [2.05, 4.69) is 31.2 Å². The first kappa shape index (κ1) is 18.4. The van der Waals surface area contributed by atoms with Gasteiger partial charge in [0.25, 0.3) is 0 Å². The monoisotopic (exact) mass is 324 g/mol. The minimum atomic E-state index is -0.180. The van der Waals surface area contributed by atoms with Crippen molar-refractivity contribution in [3.05, 3.63) is 71.8 Å². The average molecular weight is 324 g/mol. The van der Waals surface area contributed by atoms with Crippen LogP contribution in [0.15, 0.2) is 60.7 Å². The summed E-state index contributed by atoms with van der Waals surface area (Å²) in [5, 5.41) is 9.39. The second kappa shape index (κ2) is 10.0. The van der Waals surface area contributed by atoms with E-state index in [1.165, 1.54) is 5.56 Å². The van der Waals surface area contributed by atoms with Gasteiger partial charge in [-0.1, -0.05) is 67.6 Å². The zero-order valence-electron chi connectivity index (χ0n) is 14.5. The molecule has 0 aromatic heterocycles. The Labute approximate surface area is 145 Å². The van der Waals surface area contributed by atoms with Gasteiger partial charge in [-0.25, -0.2) is 0 Å². The molecule has 0 amide bonds. The van der Waals surface area contributed by atoms with Gasteiger partial charge >= 0.3 is 0 Å². The van der Waals surface area contributed by atoms with Crippen LogP contribution in [0.25, 0.3) is 0 Å². The molecule has 1 aliphatic rings. The highest BCUT2D eigenvalue weighted by Crippen LogP contribution is 2.25. The highest BCUT2D eigenvalue weighted by molar-refractivity contribution is 5.83. The van der Waals surface area contributed by atoms with E-state index < -0.39 is 0 Å². The fraction of sp³-hybridized carbons (Fsp3) is 0.409. The molecule has 0 radical (unpaired) electrons. The summed E-state index contributed by atoms with van der Waals surface area (Å²) in [5.74, 6) is 0.502. The Bertz CT molecular complexity index is 584. The maximum absolute atomic E-state index is 12.0. The lowest BCUT2D eigenvalue weighted by Gasteiger charge is -2.24. The molecule has 0 heterocycles. The molecule has 0 atom stereocenters. The van der Waals surface area contributed by atoms with Crippen LogP contribution >= 0.6 is 0 Å². The third-order valence-corrected chi connectivity index (χ3v) is 4.62. The number of carbonyl (C=O) groups is 1. The minimum Gasteiger partial charge on any atom is -0.393 e. The van der Waals surface area contributed by atoms with Crippen molar-refractivity contribution in [1.29, 1.82) is 0 Å². The zero-order chi connectivity index (χ0) is 17.2. The van der Waals surface area contributed by atoms with Gasteiger partial charge in [-0.15, -0.1) is 0 Å². The van der Waals surface area contributed by atoms with Gasteiger partial charge < -0.3 is 5.11 Å². The molecule has 0 aliphatic heterocycles. The van der Waals surface area contributed by atoms with Crippen LogP contribution in [-0.2, 0) is 17.6 Å². The van der Waals surface area contributed by atoms with Crippen LogP contribution in [-0.4, -0.2) is 17.0 Å². The third-order valence-electron chi connectivity index (χ3n) is 4.62. The standard InChI is InChI=1S/C14H18O2.C8H10/c15-13-8-6-12(7-9-13)14(16)10-11-4-2-1-3-5-11;1-2-8-6-4-3-5-7-8/h1-5,12-13,15H,6-10H2;3-7H,2H2,1H3. The summed E-state index contributed by atoms with van der Waals surface area (Å²) in [4.78, 5) is 12.0. The molecule has 1 N–H and O–H groups in total. The summed E-state index contributed by atoms with van der Waals surface area (Å²) in [5.41, 5.74) is 2.51. The molecular weight excluding hydrogens is 296 g/mol. The minimum absolute atomic E-state index is 0.170. The SMILES string of the molecule is CCc1ccccc1.O=C(Cc1ccccc1)C1CCC(O)CC1. The lowest BCUT2D eigenvalue weighted by Crippen LogP contribution is -2.25. The van der Waals surface area contributed by atoms with E-state index in [1.807, 2.05) is 36.4 Å². The zero-order valence-corrected chi connectivity index (χ0v) is 14.5. The van der Waals surface area contributed by atoms with Crippen LogP contribution in [0.2, 0.25) is 0 Å². The topological polar surface area (TPSA) is 37.3 Å². The summed E-state index contributed by atoms with van der Waals surface area (Å²) >= 11 is 0. The molecule has 1 fully saturated rings. The number of hydrogen-bond acceptors (Lipinski definition) is 2. The predicted molar refractivity (Wildman–Crippen MR) is 98.9 cm³/mol. The van der Waals surface area contributed by atoms with Gasteiger partial charge in [0.1, 0.15) is 5.78 Å². The van der Waals surface area contributed by atoms with Crippen molar-refractivity contribution in [2.75, 3.05) is 0 Å². The van der Waals surface area contributed by atoms with E-state index in [0.29, 0.717) is 12.2 Å². The van der Waals surface area contributed by atoms with Gasteiger partial charge in [-0.3, -0.25) is 4.79 Å². The second-order valence-electron chi connectivity index (χ2n) is 6.47. The molecule has 1 aliphatic carbocycles. The highest BCUT2D eigenvalue weighted by Gasteiger charge is 2.24. The lowest BCUT2D eigenvalue weighted by molar-refractivity contribution is -0.123. The molecule has 2 heteroatoms. The number of ketones is 1. The Morgan fingerprint density at radius 2 is 1.38 bits per heavy atom. The van der Waals surface area contributed by atoms with Crippen molar-refractivity contribution in [2.45, 2.75) is 51.6 Å². The quantitative estimate of drug-likeness (QED) is 0.892. The van der Waals surface area contributed by atoms with E-state index >= 15 is 0 Å². The van der Waals surface area contributed by atoms with Gasteiger partial charge in [-0.2, -0.15) is 0 Å². The van der Waals surface area contributed by atoms with Crippen molar-refractivity contribution in [3.63, 3.8) is 0 Å². The van der Waals surface area contributed by atoms with Crippen LogP contribution in [0, 0.1) is 5.92 Å². The largest absolute Gasteiger partial charge is 0.393 e. The van der Waals surface area contributed by atoms with E-state index in [0.717, 1.165) is 37.7 Å². The number of aliphatic hydroxyl groups is 1. The maximum atomic E-state index is 12.0.